The zero-order valence-corrected chi connectivity index (χ0v) is 12.9. The molecular formula is C14H17FN4O2S. The molecule has 0 atom stereocenters. The summed E-state index contributed by atoms with van der Waals surface area (Å²) in [5, 5.41) is 20.6. The molecular weight excluding hydrogens is 307 g/mol. The zero-order chi connectivity index (χ0) is 15.9. The second kappa shape index (κ2) is 7.81. The largest absolute Gasteiger partial charge is 0.395 e. The Morgan fingerprint density at radius 3 is 2.73 bits per heavy atom. The molecule has 1 aromatic carbocycles. The molecule has 0 bridgehead atoms. The lowest BCUT2D eigenvalue weighted by molar-refractivity contribution is 0.192. The van der Waals surface area contributed by atoms with Crippen molar-refractivity contribution in [1.82, 2.24) is 15.1 Å². The van der Waals surface area contributed by atoms with Crippen LogP contribution < -0.4 is 5.32 Å². The summed E-state index contributed by atoms with van der Waals surface area (Å²) >= 11 is 1.27. The third-order valence-corrected chi connectivity index (χ3v) is 3.83. The van der Waals surface area contributed by atoms with Gasteiger partial charge in [0.2, 0.25) is 5.13 Å². The molecule has 0 unspecified atom stereocenters. The molecule has 1 aromatic heterocycles. The maximum Gasteiger partial charge on any atom is 0.323 e. The van der Waals surface area contributed by atoms with Crippen molar-refractivity contribution >= 4 is 22.5 Å². The van der Waals surface area contributed by atoms with Crippen LogP contribution in [0.15, 0.2) is 24.3 Å². The standard InChI is InChI=1S/C14H17FN4O2S/c1-2-19(7-8-20)14(21)16-13-18-17-12(22-13)9-10-3-5-11(15)6-4-10/h3-6,20H,2,7-9H2,1H3,(H,16,18,21). The number of amides is 2. The number of aliphatic hydroxyl groups excluding tert-OH is 1. The average molecular weight is 324 g/mol. The lowest BCUT2D eigenvalue weighted by Gasteiger charge is -2.18. The van der Waals surface area contributed by atoms with Crippen molar-refractivity contribution in [3.05, 3.63) is 40.7 Å². The fraction of sp³-hybridized carbons (Fsp3) is 0.357. The number of aromatic nitrogens is 2. The number of nitrogens with one attached hydrogen (secondary N) is 1. The van der Waals surface area contributed by atoms with E-state index in [1.54, 1.807) is 12.1 Å². The number of likely N-dealkylation sites (N-methyl/N-ethyl adjacent to an activating group) is 1. The van der Waals surface area contributed by atoms with Crippen LogP contribution in [0.3, 0.4) is 0 Å². The maximum absolute atomic E-state index is 12.8. The number of nitrogens with zero attached hydrogens (tertiary/aromatic N) is 3. The van der Waals surface area contributed by atoms with Crippen LogP contribution >= 0.6 is 11.3 Å². The van der Waals surface area contributed by atoms with E-state index in [2.05, 4.69) is 15.5 Å². The molecule has 2 rings (SSSR count). The van der Waals surface area contributed by atoms with Crippen LogP contribution in [-0.2, 0) is 6.42 Å². The number of hydrogen-bond donors (Lipinski definition) is 2. The van der Waals surface area contributed by atoms with E-state index < -0.39 is 0 Å². The van der Waals surface area contributed by atoms with Crippen LogP contribution in [0, 0.1) is 5.82 Å². The topological polar surface area (TPSA) is 78.4 Å². The third-order valence-electron chi connectivity index (χ3n) is 2.99. The number of rotatable bonds is 6. The Morgan fingerprint density at radius 2 is 2.09 bits per heavy atom. The molecule has 22 heavy (non-hydrogen) atoms. The Morgan fingerprint density at radius 1 is 1.36 bits per heavy atom. The molecule has 0 fully saturated rings. The minimum absolute atomic E-state index is 0.0901. The lowest BCUT2D eigenvalue weighted by Crippen LogP contribution is -2.36. The van der Waals surface area contributed by atoms with Crippen LogP contribution in [0.1, 0.15) is 17.5 Å². The van der Waals surface area contributed by atoms with Crippen LogP contribution in [0.5, 0.6) is 0 Å². The van der Waals surface area contributed by atoms with Crippen LogP contribution in [0.2, 0.25) is 0 Å². The highest BCUT2D eigenvalue weighted by Gasteiger charge is 2.13. The van der Waals surface area contributed by atoms with Gasteiger partial charge in [-0.1, -0.05) is 23.5 Å². The highest BCUT2D eigenvalue weighted by atomic mass is 32.1. The summed E-state index contributed by atoms with van der Waals surface area (Å²) in [6.45, 7) is 2.50. The molecule has 0 spiro atoms. The second-order valence-electron chi connectivity index (χ2n) is 4.54. The van der Waals surface area contributed by atoms with Crippen LogP contribution in [-0.4, -0.2) is 45.9 Å². The fourth-order valence-corrected chi connectivity index (χ4v) is 2.61. The Balaban J connectivity index is 1.96. The molecule has 0 saturated carbocycles. The van der Waals surface area contributed by atoms with Crippen molar-refractivity contribution in [3.8, 4) is 0 Å². The van der Waals surface area contributed by atoms with Crippen molar-refractivity contribution in [2.24, 2.45) is 0 Å². The van der Waals surface area contributed by atoms with Gasteiger partial charge < -0.3 is 10.0 Å². The van der Waals surface area contributed by atoms with Crippen molar-refractivity contribution < 1.29 is 14.3 Å². The van der Waals surface area contributed by atoms with Gasteiger partial charge in [-0.15, -0.1) is 10.2 Å². The van der Waals surface area contributed by atoms with E-state index in [1.807, 2.05) is 6.92 Å². The second-order valence-corrected chi connectivity index (χ2v) is 5.60. The summed E-state index contributed by atoms with van der Waals surface area (Å²) in [7, 11) is 0. The Labute approximate surface area is 131 Å². The highest BCUT2D eigenvalue weighted by Crippen LogP contribution is 2.19. The number of carbonyl (C=O) groups is 1. The van der Waals surface area contributed by atoms with Gasteiger partial charge in [-0.05, 0) is 24.6 Å². The van der Waals surface area contributed by atoms with Gasteiger partial charge in [0.1, 0.15) is 10.8 Å². The average Bonchev–Trinajstić information content (AvgIpc) is 2.94. The van der Waals surface area contributed by atoms with Crippen LogP contribution in [0.4, 0.5) is 14.3 Å². The van der Waals surface area contributed by atoms with E-state index in [1.165, 1.54) is 28.4 Å². The minimum atomic E-state index is -0.318. The Bertz CT molecular complexity index is 618. The summed E-state index contributed by atoms with van der Waals surface area (Å²) in [6.07, 6.45) is 0.530. The zero-order valence-electron chi connectivity index (χ0n) is 12.1. The number of benzene rings is 1. The molecule has 2 N–H and O–H groups in total. The summed E-state index contributed by atoms with van der Waals surface area (Å²) in [5.41, 5.74) is 0.922. The summed E-state index contributed by atoms with van der Waals surface area (Å²) in [6, 6.07) is 5.85. The molecule has 2 aromatic rings. The Kier molecular flexibility index (Phi) is 5.79. The lowest BCUT2D eigenvalue weighted by atomic mass is 10.2. The van der Waals surface area contributed by atoms with Gasteiger partial charge in [0.05, 0.1) is 6.61 Å². The molecule has 6 nitrogen and oxygen atoms in total. The van der Waals surface area contributed by atoms with Crippen molar-refractivity contribution in [3.63, 3.8) is 0 Å². The van der Waals surface area contributed by atoms with Gasteiger partial charge in [0, 0.05) is 19.5 Å². The van der Waals surface area contributed by atoms with E-state index in [-0.39, 0.29) is 25.0 Å². The molecule has 0 aliphatic carbocycles. The van der Waals surface area contributed by atoms with E-state index in [9.17, 15) is 9.18 Å². The molecule has 8 heteroatoms. The number of hydrogen-bond acceptors (Lipinski definition) is 5. The summed E-state index contributed by atoms with van der Waals surface area (Å²) in [4.78, 5) is 13.4. The van der Waals surface area contributed by atoms with Gasteiger partial charge in [0.25, 0.3) is 0 Å². The number of carbonyl (C=O) groups excluding carboxylic acids is 1. The smallest absolute Gasteiger partial charge is 0.323 e. The van der Waals surface area contributed by atoms with E-state index in [4.69, 9.17) is 5.11 Å². The van der Waals surface area contributed by atoms with Crippen molar-refractivity contribution in [2.45, 2.75) is 13.3 Å². The SMILES string of the molecule is CCN(CCO)C(=O)Nc1nnc(Cc2ccc(F)cc2)s1. The number of urea groups is 1. The Hall–Kier alpha value is -2.06. The van der Waals surface area contributed by atoms with Gasteiger partial charge in [-0.2, -0.15) is 0 Å². The molecule has 0 aliphatic heterocycles. The monoisotopic (exact) mass is 324 g/mol. The predicted molar refractivity (Wildman–Crippen MR) is 82.5 cm³/mol. The predicted octanol–water partition coefficient (Wildman–Crippen LogP) is 2.11. The van der Waals surface area contributed by atoms with Gasteiger partial charge in [-0.25, -0.2) is 9.18 Å². The number of halogens is 1. The normalized spacial score (nSPS) is 10.5. The molecule has 1 heterocycles. The summed E-state index contributed by atoms with van der Waals surface area (Å²) in [5.74, 6) is -0.280. The quantitative estimate of drug-likeness (QED) is 0.853. The summed E-state index contributed by atoms with van der Waals surface area (Å²) < 4.78 is 12.8. The fourth-order valence-electron chi connectivity index (χ4n) is 1.85. The van der Waals surface area contributed by atoms with Crippen LogP contribution in [0.25, 0.3) is 0 Å². The number of anilines is 1. The first-order chi connectivity index (χ1) is 10.6. The van der Waals surface area contributed by atoms with Crippen molar-refractivity contribution in [1.29, 1.82) is 0 Å². The molecule has 0 radical (unpaired) electrons. The minimum Gasteiger partial charge on any atom is -0.395 e. The molecule has 2 amide bonds. The first kappa shape index (κ1) is 16.3. The van der Waals surface area contributed by atoms with E-state index >= 15 is 0 Å². The maximum atomic E-state index is 12.8. The molecule has 118 valence electrons. The first-order valence-corrected chi connectivity index (χ1v) is 7.67. The van der Waals surface area contributed by atoms with Crippen molar-refractivity contribution in [2.75, 3.05) is 25.0 Å². The van der Waals surface area contributed by atoms with Gasteiger partial charge in [0.15, 0.2) is 0 Å². The van der Waals surface area contributed by atoms with E-state index in [0.717, 1.165) is 10.6 Å². The highest BCUT2D eigenvalue weighted by molar-refractivity contribution is 7.15. The number of aliphatic hydroxyl groups is 1. The van der Waals surface area contributed by atoms with E-state index in [0.29, 0.717) is 18.1 Å². The third kappa shape index (κ3) is 4.47. The molecule has 0 aliphatic rings. The molecule has 0 saturated heterocycles. The first-order valence-electron chi connectivity index (χ1n) is 6.86. The van der Waals surface area contributed by atoms with Gasteiger partial charge in [-0.3, -0.25) is 5.32 Å². The van der Waals surface area contributed by atoms with Gasteiger partial charge >= 0.3 is 6.03 Å².